The predicted molar refractivity (Wildman–Crippen MR) is 55.0 cm³/mol. The molecule has 7 heteroatoms. The highest BCUT2D eigenvalue weighted by Crippen LogP contribution is 2.14. The Bertz CT molecular complexity index is 412. The standard InChI is InChI=1S/C7H6O3.C3H4O4/c8-6-4-2-1-3-5(6)7(9)10;4-2(5)1-3(6)7/h1-4,8H,(H,9,10);1H2,(H,4,5)(H,6,7). The fraction of sp³-hybridized carbons (Fsp3) is 0.100. The average Bonchev–Trinajstić information content (AvgIpc) is 2.16. The molecule has 1 rings (SSSR count). The molecule has 0 amide bonds. The monoisotopic (exact) mass is 242 g/mol. The number of aliphatic carboxylic acids is 2. The van der Waals surface area contributed by atoms with Crippen molar-refractivity contribution < 1.29 is 34.8 Å². The van der Waals surface area contributed by atoms with Gasteiger partial charge in [-0.25, -0.2) is 4.79 Å². The number of aromatic carboxylic acids is 1. The van der Waals surface area contributed by atoms with Crippen LogP contribution < -0.4 is 0 Å². The molecular formula is C10H10O7. The van der Waals surface area contributed by atoms with Gasteiger partial charge < -0.3 is 20.4 Å². The summed E-state index contributed by atoms with van der Waals surface area (Å²) in [4.78, 5) is 29.1. The number of phenols is 1. The minimum Gasteiger partial charge on any atom is -0.507 e. The minimum absolute atomic E-state index is 0.0671. The summed E-state index contributed by atoms with van der Waals surface area (Å²) in [6.07, 6.45) is -0.806. The van der Waals surface area contributed by atoms with Gasteiger partial charge in [-0.1, -0.05) is 12.1 Å². The Morgan fingerprint density at radius 3 is 1.65 bits per heavy atom. The molecule has 0 spiro atoms. The SMILES string of the molecule is O=C(O)CC(=O)O.O=C(O)c1ccccc1O. The summed E-state index contributed by atoms with van der Waals surface area (Å²) in [5.41, 5.74) is -0.0671. The third kappa shape index (κ3) is 6.50. The third-order valence-electron chi connectivity index (χ3n) is 1.44. The number of aromatic hydroxyl groups is 1. The van der Waals surface area contributed by atoms with E-state index < -0.39 is 24.3 Å². The molecule has 0 saturated heterocycles. The summed E-state index contributed by atoms with van der Waals surface area (Å²) in [6.45, 7) is 0. The zero-order valence-electron chi connectivity index (χ0n) is 8.53. The van der Waals surface area contributed by atoms with Crippen molar-refractivity contribution in [3.8, 4) is 5.75 Å². The quantitative estimate of drug-likeness (QED) is 0.571. The molecule has 4 N–H and O–H groups in total. The Balaban J connectivity index is 0.000000325. The van der Waals surface area contributed by atoms with E-state index in [0.29, 0.717) is 0 Å². The van der Waals surface area contributed by atoms with E-state index >= 15 is 0 Å². The maximum absolute atomic E-state index is 10.3. The van der Waals surface area contributed by atoms with Gasteiger partial charge in [0.15, 0.2) is 0 Å². The van der Waals surface area contributed by atoms with E-state index in [0.717, 1.165) is 0 Å². The number of rotatable bonds is 3. The zero-order valence-corrected chi connectivity index (χ0v) is 8.53. The van der Waals surface area contributed by atoms with E-state index in [1.54, 1.807) is 12.1 Å². The largest absolute Gasteiger partial charge is 0.507 e. The smallest absolute Gasteiger partial charge is 0.339 e. The lowest BCUT2D eigenvalue weighted by Crippen LogP contribution is -2.03. The summed E-state index contributed by atoms with van der Waals surface area (Å²) < 4.78 is 0. The Morgan fingerprint density at radius 1 is 0.941 bits per heavy atom. The van der Waals surface area contributed by atoms with Gasteiger partial charge in [-0.05, 0) is 12.1 Å². The molecule has 0 unspecified atom stereocenters. The normalized spacial score (nSPS) is 8.71. The van der Waals surface area contributed by atoms with E-state index in [4.69, 9.17) is 20.4 Å². The van der Waals surface area contributed by atoms with Crippen molar-refractivity contribution in [1.29, 1.82) is 0 Å². The number of carboxylic acid groups (broad SMARTS) is 3. The molecule has 1 aromatic carbocycles. The van der Waals surface area contributed by atoms with Gasteiger partial charge in [0.1, 0.15) is 17.7 Å². The number of benzene rings is 1. The second-order valence-electron chi connectivity index (χ2n) is 2.79. The number of para-hydroxylation sites is 1. The fourth-order valence-corrected chi connectivity index (χ4v) is 0.784. The van der Waals surface area contributed by atoms with Crippen molar-refractivity contribution in [1.82, 2.24) is 0 Å². The van der Waals surface area contributed by atoms with Crippen LogP contribution in [0.3, 0.4) is 0 Å². The Labute approximate surface area is 95.6 Å². The molecule has 0 fully saturated rings. The van der Waals surface area contributed by atoms with Gasteiger partial charge in [0.2, 0.25) is 0 Å². The molecule has 0 aliphatic carbocycles. The molecule has 0 atom stereocenters. The highest BCUT2D eigenvalue weighted by Gasteiger charge is 2.05. The van der Waals surface area contributed by atoms with Crippen LogP contribution >= 0.6 is 0 Å². The molecule has 1 aromatic rings. The van der Waals surface area contributed by atoms with E-state index in [1.165, 1.54) is 12.1 Å². The summed E-state index contributed by atoms with van der Waals surface area (Å²) in [5, 5.41) is 32.7. The highest BCUT2D eigenvalue weighted by atomic mass is 16.4. The average molecular weight is 242 g/mol. The van der Waals surface area contributed by atoms with Crippen LogP contribution in [0.15, 0.2) is 24.3 Å². The molecule has 0 aliphatic heterocycles. The van der Waals surface area contributed by atoms with Crippen LogP contribution in [0, 0.1) is 0 Å². The van der Waals surface area contributed by atoms with Gasteiger partial charge in [-0.2, -0.15) is 0 Å². The van der Waals surface area contributed by atoms with Gasteiger partial charge in [-0.3, -0.25) is 9.59 Å². The zero-order chi connectivity index (χ0) is 13.4. The lowest BCUT2D eigenvalue weighted by atomic mass is 10.2. The maximum Gasteiger partial charge on any atom is 0.339 e. The van der Waals surface area contributed by atoms with E-state index in [2.05, 4.69) is 0 Å². The first-order valence-electron chi connectivity index (χ1n) is 4.29. The molecule has 0 bridgehead atoms. The second kappa shape index (κ2) is 6.83. The summed E-state index contributed by atoms with van der Waals surface area (Å²) in [5.74, 6) is -3.94. The fourth-order valence-electron chi connectivity index (χ4n) is 0.784. The molecular weight excluding hydrogens is 232 g/mol. The van der Waals surface area contributed by atoms with E-state index in [-0.39, 0.29) is 11.3 Å². The van der Waals surface area contributed by atoms with Crippen molar-refractivity contribution in [3.05, 3.63) is 29.8 Å². The van der Waals surface area contributed by atoms with Gasteiger partial charge in [0, 0.05) is 0 Å². The van der Waals surface area contributed by atoms with E-state index in [1.807, 2.05) is 0 Å². The van der Waals surface area contributed by atoms with Crippen LogP contribution in [0.1, 0.15) is 16.8 Å². The number of carbonyl (C=O) groups is 3. The van der Waals surface area contributed by atoms with Crippen LogP contribution in [-0.2, 0) is 9.59 Å². The molecule has 17 heavy (non-hydrogen) atoms. The Hall–Kier alpha value is -2.57. The molecule has 0 aromatic heterocycles. The van der Waals surface area contributed by atoms with Gasteiger partial charge in [-0.15, -0.1) is 0 Å². The minimum atomic E-state index is -1.31. The molecule has 92 valence electrons. The highest BCUT2D eigenvalue weighted by molar-refractivity contribution is 5.90. The number of hydrogen-bond donors (Lipinski definition) is 4. The molecule has 0 radical (unpaired) electrons. The summed E-state index contributed by atoms with van der Waals surface area (Å²) >= 11 is 0. The maximum atomic E-state index is 10.3. The molecule has 7 nitrogen and oxygen atoms in total. The van der Waals surface area contributed by atoms with Crippen LogP contribution in [0.4, 0.5) is 0 Å². The molecule has 0 saturated carbocycles. The predicted octanol–water partition coefficient (Wildman–Crippen LogP) is 0.636. The first-order chi connectivity index (χ1) is 7.84. The Morgan fingerprint density at radius 2 is 1.41 bits per heavy atom. The molecule has 0 heterocycles. The first-order valence-corrected chi connectivity index (χ1v) is 4.29. The lowest BCUT2D eigenvalue weighted by molar-refractivity contribution is -0.147. The van der Waals surface area contributed by atoms with Crippen molar-refractivity contribution in [2.45, 2.75) is 6.42 Å². The topological polar surface area (TPSA) is 132 Å². The van der Waals surface area contributed by atoms with Crippen molar-refractivity contribution in [2.75, 3.05) is 0 Å². The Kier molecular flexibility index (Phi) is 5.80. The van der Waals surface area contributed by atoms with Crippen molar-refractivity contribution in [3.63, 3.8) is 0 Å². The lowest BCUT2D eigenvalue weighted by Gasteiger charge is -1.95. The van der Waals surface area contributed by atoms with Crippen LogP contribution in [0.5, 0.6) is 5.75 Å². The number of carboxylic acids is 3. The van der Waals surface area contributed by atoms with Crippen LogP contribution in [0.25, 0.3) is 0 Å². The van der Waals surface area contributed by atoms with Crippen molar-refractivity contribution in [2.24, 2.45) is 0 Å². The van der Waals surface area contributed by atoms with Gasteiger partial charge in [0.05, 0.1) is 0 Å². The van der Waals surface area contributed by atoms with Gasteiger partial charge >= 0.3 is 17.9 Å². The van der Waals surface area contributed by atoms with E-state index in [9.17, 15) is 14.4 Å². The summed E-state index contributed by atoms with van der Waals surface area (Å²) in [7, 11) is 0. The van der Waals surface area contributed by atoms with Gasteiger partial charge in [0.25, 0.3) is 0 Å². The second-order valence-corrected chi connectivity index (χ2v) is 2.79. The summed E-state index contributed by atoms with van der Waals surface area (Å²) in [6, 6.07) is 5.81. The van der Waals surface area contributed by atoms with Crippen LogP contribution in [0.2, 0.25) is 0 Å². The van der Waals surface area contributed by atoms with Crippen molar-refractivity contribution >= 4 is 17.9 Å². The first kappa shape index (κ1) is 14.4. The third-order valence-corrected chi connectivity index (χ3v) is 1.44. The molecule has 0 aliphatic rings. The number of hydrogen-bond acceptors (Lipinski definition) is 4. The van der Waals surface area contributed by atoms with Crippen LogP contribution in [-0.4, -0.2) is 38.3 Å².